The molecule has 1 atom stereocenters. The second kappa shape index (κ2) is 9.57. The molecule has 0 spiro atoms. The summed E-state index contributed by atoms with van der Waals surface area (Å²) in [5.41, 5.74) is 0. The van der Waals surface area contributed by atoms with Crippen LogP contribution in [0.5, 0.6) is 0 Å². The number of rotatable bonds is 10. The van der Waals surface area contributed by atoms with Gasteiger partial charge in [0.15, 0.2) is 6.61 Å². The second-order valence-corrected chi connectivity index (χ2v) is 4.77. The van der Waals surface area contributed by atoms with Crippen molar-refractivity contribution < 1.29 is 36.6 Å². The van der Waals surface area contributed by atoms with E-state index < -0.39 is 30.9 Å². The van der Waals surface area contributed by atoms with Crippen molar-refractivity contribution in [1.29, 1.82) is 0 Å². The van der Waals surface area contributed by atoms with Gasteiger partial charge in [-0.25, -0.2) is 8.78 Å². The Bertz CT molecular complexity index is 334. The van der Waals surface area contributed by atoms with Crippen molar-refractivity contribution in [2.24, 2.45) is 5.92 Å². The third-order valence-corrected chi connectivity index (χ3v) is 2.73. The van der Waals surface area contributed by atoms with Crippen LogP contribution < -0.4 is 0 Å². The van der Waals surface area contributed by atoms with Crippen LogP contribution >= 0.6 is 0 Å². The summed E-state index contributed by atoms with van der Waals surface area (Å²) >= 11 is 0. The fourth-order valence-corrected chi connectivity index (χ4v) is 1.11. The summed E-state index contributed by atoms with van der Waals surface area (Å²) in [6.07, 6.45) is -3.34. The summed E-state index contributed by atoms with van der Waals surface area (Å²) in [6.45, 7) is 2.47. The molecular formula is C13H20F4O4. The van der Waals surface area contributed by atoms with E-state index in [1.54, 1.807) is 0 Å². The predicted molar refractivity (Wildman–Crippen MR) is 66.2 cm³/mol. The lowest BCUT2D eigenvalue weighted by atomic mass is 10.1. The Kier molecular flexibility index (Phi) is 8.96. The molecule has 0 bridgehead atoms. The van der Waals surface area contributed by atoms with Crippen LogP contribution in [-0.4, -0.2) is 37.5 Å². The minimum atomic E-state index is -4.36. The van der Waals surface area contributed by atoms with E-state index in [0.717, 1.165) is 6.42 Å². The molecular weight excluding hydrogens is 296 g/mol. The molecule has 0 aliphatic carbocycles. The van der Waals surface area contributed by atoms with E-state index in [1.165, 1.54) is 0 Å². The highest BCUT2D eigenvalue weighted by Crippen LogP contribution is 2.23. The summed E-state index contributed by atoms with van der Waals surface area (Å²) in [5, 5.41) is 0. The maximum absolute atomic E-state index is 12.5. The summed E-state index contributed by atoms with van der Waals surface area (Å²) in [5.74, 6) is -5.67. The molecule has 4 nitrogen and oxygen atoms in total. The first-order valence-electron chi connectivity index (χ1n) is 6.66. The van der Waals surface area contributed by atoms with Gasteiger partial charge < -0.3 is 9.47 Å². The van der Waals surface area contributed by atoms with Gasteiger partial charge in [0.25, 0.3) is 0 Å². The van der Waals surface area contributed by atoms with Crippen LogP contribution in [0.4, 0.5) is 17.6 Å². The lowest BCUT2D eigenvalue weighted by Crippen LogP contribution is -2.33. The molecule has 0 N–H and O–H groups in total. The van der Waals surface area contributed by atoms with E-state index in [4.69, 9.17) is 4.74 Å². The first kappa shape index (κ1) is 19.7. The van der Waals surface area contributed by atoms with Crippen molar-refractivity contribution in [3.8, 4) is 0 Å². The zero-order valence-corrected chi connectivity index (χ0v) is 12.0. The van der Waals surface area contributed by atoms with Crippen molar-refractivity contribution in [3.63, 3.8) is 0 Å². The summed E-state index contributed by atoms with van der Waals surface area (Å²) in [4.78, 5) is 22.3. The average molecular weight is 316 g/mol. The first-order valence-corrected chi connectivity index (χ1v) is 6.66. The molecule has 0 saturated carbocycles. The number of hydrogen-bond acceptors (Lipinski definition) is 4. The van der Waals surface area contributed by atoms with E-state index in [0.29, 0.717) is 0 Å². The molecule has 0 amide bonds. The fourth-order valence-electron chi connectivity index (χ4n) is 1.11. The van der Waals surface area contributed by atoms with E-state index in [1.807, 2.05) is 13.8 Å². The van der Waals surface area contributed by atoms with Crippen LogP contribution in [0.2, 0.25) is 0 Å². The van der Waals surface area contributed by atoms with Crippen LogP contribution in [0.15, 0.2) is 0 Å². The Morgan fingerprint density at radius 1 is 1.10 bits per heavy atom. The van der Waals surface area contributed by atoms with Crippen molar-refractivity contribution in [1.82, 2.24) is 0 Å². The Balaban J connectivity index is 3.78. The first-order chi connectivity index (χ1) is 9.69. The molecule has 1 unspecified atom stereocenters. The standard InChI is InChI=1S/C13H20F4O4/c1-3-9(2)7-20-10(18)5-4-6-11(19)21-8-13(16,17)12(14)15/h9,12H,3-8H2,1-2H3. The topological polar surface area (TPSA) is 52.6 Å². The van der Waals surface area contributed by atoms with Gasteiger partial charge in [-0.05, 0) is 12.3 Å². The molecule has 8 heteroatoms. The molecule has 0 saturated heterocycles. The van der Waals surface area contributed by atoms with E-state index in [2.05, 4.69) is 4.74 Å². The molecule has 0 aromatic rings. The van der Waals surface area contributed by atoms with Gasteiger partial charge in [-0.15, -0.1) is 0 Å². The Hall–Kier alpha value is -1.34. The van der Waals surface area contributed by atoms with Gasteiger partial charge in [-0.1, -0.05) is 20.3 Å². The van der Waals surface area contributed by atoms with E-state index >= 15 is 0 Å². The van der Waals surface area contributed by atoms with Gasteiger partial charge in [0.2, 0.25) is 0 Å². The van der Waals surface area contributed by atoms with Crippen molar-refractivity contribution in [2.75, 3.05) is 13.2 Å². The summed E-state index contributed by atoms with van der Waals surface area (Å²) in [6, 6.07) is 0. The van der Waals surface area contributed by atoms with Gasteiger partial charge in [0.1, 0.15) is 0 Å². The minimum absolute atomic E-state index is 0.0540. The smallest absolute Gasteiger partial charge is 0.340 e. The number of carbonyl (C=O) groups is 2. The van der Waals surface area contributed by atoms with Gasteiger partial charge >= 0.3 is 24.3 Å². The number of carbonyl (C=O) groups excluding carboxylic acids is 2. The van der Waals surface area contributed by atoms with Crippen LogP contribution in [0, 0.1) is 5.92 Å². The second-order valence-electron chi connectivity index (χ2n) is 4.77. The zero-order chi connectivity index (χ0) is 16.5. The molecule has 0 aromatic carbocycles. The monoisotopic (exact) mass is 316 g/mol. The number of alkyl halides is 4. The fraction of sp³-hybridized carbons (Fsp3) is 0.846. The highest BCUT2D eigenvalue weighted by molar-refractivity contribution is 5.72. The van der Waals surface area contributed by atoms with Gasteiger partial charge in [-0.2, -0.15) is 8.78 Å². The van der Waals surface area contributed by atoms with Crippen LogP contribution in [0.25, 0.3) is 0 Å². The van der Waals surface area contributed by atoms with Crippen LogP contribution in [0.3, 0.4) is 0 Å². The van der Waals surface area contributed by atoms with Crippen molar-refractivity contribution in [2.45, 2.75) is 51.9 Å². The molecule has 0 heterocycles. The lowest BCUT2D eigenvalue weighted by Gasteiger charge is -2.14. The molecule has 0 rings (SSSR count). The minimum Gasteiger partial charge on any atom is -0.465 e. The maximum atomic E-state index is 12.5. The van der Waals surface area contributed by atoms with Crippen molar-refractivity contribution >= 4 is 11.9 Å². The van der Waals surface area contributed by atoms with Crippen LogP contribution in [-0.2, 0) is 19.1 Å². The molecule has 0 fully saturated rings. The lowest BCUT2D eigenvalue weighted by molar-refractivity contribution is -0.179. The quantitative estimate of drug-likeness (QED) is 0.459. The molecule has 124 valence electrons. The normalized spacial score (nSPS) is 13.1. The van der Waals surface area contributed by atoms with Crippen LogP contribution in [0.1, 0.15) is 39.5 Å². The van der Waals surface area contributed by atoms with Gasteiger partial charge in [0.05, 0.1) is 6.61 Å². The predicted octanol–water partition coefficient (Wildman–Crippen LogP) is 3.19. The molecule has 0 radical (unpaired) electrons. The zero-order valence-electron chi connectivity index (χ0n) is 12.0. The van der Waals surface area contributed by atoms with E-state index in [-0.39, 0.29) is 31.8 Å². The third-order valence-electron chi connectivity index (χ3n) is 2.73. The average Bonchev–Trinajstić information content (AvgIpc) is 2.42. The molecule has 21 heavy (non-hydrogen) atoms. The largest absolute Gasteiger partial charge is 0.465 e. The molecule has 0 aliphatic heterocycles. The SMILES string of the molecule is CCC(C)COC(=O)CCCC(=O)OCC(F)(F)C(F)F. The Morgan fingerprint density at radius 2 is 1.62 bits per heavy atom. The van der Waals surface area contributed by atoms with Gasteiger partial charge in [0, 0.05) is 12.8 Å². The number of ether oxygens (including phenoxy) is 2. The Morgan fingerprint density at radius 3 is 2.10 bits per heavy atom. The Labute approximate surface area is 120 Å². The number of esters is 2. The number of hydrogen-bond donors (Lipinski definition) is 0. The number of halogens is 4. The highest BCUT2D eigenvalue weighted by Gasteiger charge is 2.42. The maximum Gasteiger partial charge on any atom is 0.340 e. The van der Waals surface area contributed by atoms with E-state index in [9.17, 15) is 27.2 Å². The molecule has 0 aliphatic rings. The third kappa shape index (κ3) is 9.25. The summed E-state index contributed by atoms with van der Waals surface area (Å²) < 4.78 is 57.5. The summed E-state index contributed by atoms with van der Waals surface area (Å²) in [7, 11) is 0. The molecule has 0 aromatic heterocycles. The van der Waals surface area contributed by atoms with Crippen molar-refractivity contribution in [3.05, 3.63) is 0 Å². The highest BCUT2D eigenvalue weighted by atomic mass is 19.3. The van der Waals surface area contributed by atoms with Gasteiger partial charge in [-0.3, -0.25) is 9.59 Å².